The van der Waals surface area contributed by atoms with Gasteiger partial charge in [-0.25, -0.2) is 4.39 Å². The van der Waals surface area contributed by atoms with Crippen LogP contribution in [0, 0.1) is 5.82 Å². The zero-order chi connectivity index (χ0) is 24.8. The van der Waals surface area contributed by atoms with Crippen molar-refractivity contribution in [3.8, 4) is 5.75 Å². The summed E-state index contributed by atoms with van der Waals surface area (Å²) < 4.78 is 95.0. The monoisotopic (exact) mass is 480 g/mol. The van der Waals surface area contributed by atoms with E-state index in [1.165, 1.54) is 18.2 Å². The van der Waals surface area contributed by atoms with Gasteiger partial charge in [-0.1, -0.05) is 66.7 Å². The second-order valence-corrected chi connectivity index (χ2v) is 7.37. The highest BCUT2D eigenvalue weighted by Gasteiger charge is 2.35. The number of alkyl halides is 6. The maximum Gasteiger partial charge on any atom is 0.573 e. The first-order chi connectivity index (χ1) is 16.0. The quantitative estimate of drug-likeness (QED) is 0.246. The summed E-state index contributed by atoms with van der Waals surface area (Å²) in [6.45, 7) is 0. The number of allylic oxidation sites excluding steroid dienone is 4. The Morgan fingerprint density at radius 1 is 0.794 bits per heavy atom. The topological polar surface area (TPSA) is 9.23 Å². The third-order valence-corrected chi connectivity index (χ3v) is 4.80. The van der Waals surface area contributed by atoms with E-state index < -0.39 is 23.9 Å². The van der Waals surface area contributed by atoms with Gasteiger partial charge in [-0.2, -0.15) is 13.2 Å². The highest BCUT2D eigenvalue weighted by atomic mass is 19.4. The Bertz CT molecular complexity index is 1140. The second kappa shape index (κ2) is 10.6. The summed E-state index contributed by atoms with van der Waals surface area (Å²) in [5.41, 5.74) is 0.798. The lowest BCUT2D eigenvalue weighted by Crippen LogP contribution is -2.17. The molecule has 0 amide bonds. The average Bonchev–Trinajstić information content (AvgIpc) is 2.75. The van der Waals surface area contributed by atoms with Crippen LogP contribution in [0.25, 0.3) is 5.57 Å². The maximum absolute atomic E-state index is 14.2. The van der Waals surface area contributed by atoms with Crippen LogP contribution in [0.1, 0.15) is 22.3 Å². The van der Waals surface area contributed by atoms with Gasteiger partial charge >= 0.3 is 12.5 Å². The zero-order valence-corrected chi connectivity index (χ0v) is 17.6. The van der Waals surface area contributed by atoms with Crippen molar-refractivity contribution in [3.63, 3.8) is 0 Å². The van der Waals surface area contributed by atoms with E-state index in [-0.39, 0.29) is 17.8 Å². The summed E-state index contributed by atoms with van der Waals surface area (Å²) in [6.07, 6.45) is -5.47. The minimum atomic E-state index is -4.94. The number of halogens is 7. The molecule has 34 heavy (non-hydrogen) atoms. The van der Waals surface area contributed by atoms with Crippen molar-refractivity contribution in [1.29, 1.82) is 0 Å². The van der Waals surface area contributed by atoms with Crippen LogP contribution in [0.3, 0.4) is 0 Å². The summed E-state index contributed by atoms with van der Waals surface area (Å²) in [5.74, 6) is -0.982. The van der Waals surface area contributed by atoms with Crippen molar-refractivity contribution in [2.75, 3.05) is 0 Å². The molecule has 8 heteroatoms. The Balaban J connectivity index is 1.73. The van der Waals surface area contributed by atoms with E-state index in [1.807, 2.05) is 30.3 Å². The molecule has 0 atom stereocenters. The third kappa shape index (κ3) is 7.50. The van der Waals surface area contributed by atoms with Crippen molar-refractivity contribution in [3.05, 3.63) is 119 Å². The van der Waals surface area contributed by atoms with Crippen LogP contribution in [0.2, 0.25) is 0 Å². The van der Waals surface area contributed by atoms with Crippen LogP contribution < -0.4 is 4.74 Å². The van der Waals surface area contributed by atoms with Gasteiger partial charge in [-0.05, 0) is 52.9 Å². The fourth-order valence-electron chi connectivity index (χ4n) is 3.27. The highest BCUT2D eigenvalue weighted by molar-refractivity contribution is 5.71. The van der Waals surface area contributed by atoms with Crippen LogP contribution in [-0.2, 0) is 12.8 Å². The molecule has 0 aliphatic carbocycles. The van der Waals surface area contributed by atoms with Gasteiger partial charge < -0.3 is 4.74 Å². The van der Waals surface area contributed by atoms with Crippen molar-refractivity contribution in [2.45, 2.75) is 25.4 Å². The molecule has 0 bridgehead atoms. The van der Waals surface area contributed by atoms with Crippen molar-refractivity contribution in [1.82, 2.24) is 0 Å². The predicted octanol–water partition coefficient (Wildman–Crippen LogP) is 8.06. The van der Waals surface area contributed by atoms with Gasteiger partial charge in [0.2, 0.25) is 0 Å². The van der Waals surface area contributed by atoms with Gasteiger partial charge in [0.25, 0.3) is 0 Å². The van der Waals surface area contributed by atoms with Gasteiger partial charge in [0.05, 0.1) is 5.57 Å². The summed E-state index contributed by atoms with van der Waals surface area (Å²) >= 11 is 0. The van der Waals surface area contributed by atoms with E-state index in [0.717, 1.165) is 41.5 Å². The third-order valence-electron chi connectivity index (χ3n) is 4.80. The van der Waals surface area contributed by atoms with E-state index in [0.29, 0.717) is 12.0 Å². The Morgan fingerprint density at radius 2 is 1.47 bits per heavy atom. The number of hydrogen-bond acceptors (Lipinski definition) is 1. The van der Waals surface area contributed by atoms with E-state index in [1.54, 1.807) is 12.1 Å². The van der Waals surface area contributed by atoms with Crippen LogP contribution in [-0.4, -0.2) is 12.5 Å². The molecule has 178 valence electrons. The summed E-state index contributed by atoms with van der Waals surface area (Å²) in [6, 6.07) is 17.3. The maximum atomic E-state index is 14.2. The van der Waals surface area contributed by atoms with E-state index in [4.69, 9.17) is 0 Å². The molecule has 0 heterocycles. The lowest BCUT2D eigenvalue weighted by molar-refractivity contribution is -0.274. The lowest BCUT2D eigenvalue weighted by atomic mass is 10.0. The molecule has 0 fully saturated rings. The van der Waals surface area contributed by atoms with Crippen LogP contribution in [0.4, 0.5) is 30.7 Å². The molecule has 0 spiro atoms. The number of rotatable bonds is 7. The van der Waals surface area contributed by atoms with Gasteiger partial charge in [-0.3, -0.25) is 0 Å². The minimum Gasteiger partial charge on any atom is -0.406 e. The minimum absolute atomic E-state index is 0.266. The normalized spacial score (nSPS) is 12.9. The molecule has 0 aliphatic rings. The summed E-state index contributed by atoms with van der Waals surface area (Å²) in [5, 5.41) is 0. The van der Waals surface area contributed by atoms with E-state index in [9.17, 15) is 30.7 Å². The molecule has 0 saturated carbocycles. The SMILES string of the molecule is Fc1ccc(C/C=C\C=C(/c2ccc(OC(F)(F)F)cc2)C(F)(F)F)cc1Cc1ccccc1. The van der Waals surface area contributed by atoms with E-state index in [2.05, 4.69) is 4.74 Å². The van der Waals surface area contributed by atoms with Gasteiger partial charge in [0, 0.05) is 6.42 Å². The molecule has 3 rings (SSSR count). The lowest BCUT2D eigenvalue weighted by Gasteiger charge is -2.13. The van der Waals surface area contributed by atoms with Crippen molar-refractivity contribution in [2.24, 2.45) is 0 Å². The second-order valence-electron chi connectivity index (χ2n) is 7.37. The van der Waals surface area contributed by atoms with Gasteiger partial charge in [-0.15, -0.1) is 13.2 Å². The molecule has 1 nitrogen and oxygen atoms in total. The van der Waals surface area contributed by atoms with Gasteiger partial charge in [0.15, 0.2) is 0 Å². The van der Waals surface area contributed by atoms with Crippen LogP contribution >= 0.6 is 0 Å². The van der Waals surface area contributed by atoms with Crippen LogP contribution in [0.15, 0.2) is 91.0 Å². The molecule has 0 N–H and O–H groups in total. The molecule has 3 aromatic carbocycles. The molecule has 3 aromatic rings. The first-order valence-corrected chi connectivity index (χ1v) is 10.1. The zero-order valence-electron chi connectivity index (χ0n) is 17.6. The first kappa shape index (κ1) is 25.1. The summed E-state index contributed by atoms with van der Waals surface area (Å²) in [7, 11) is 0. The Morgan fingerprint density at radius 3 is 2.09 bits per heavy atom. The standard InChI is InChI=1S/C26H19F7O/c27-24-15-10-19(17-21(24)16-18-6-2-1-3-7-18)8-4-5-9-23(25(28,29)30)20-11-13-22(14-12-20)34-26(31,32)33/h1-7,9-15,17H,8,16H2/b5-4-,23-9+. The molecule has 0 unspecified atom stereocenters. The predicted molar refractivity (Wildman–Crippen MR) is 116 cm³/mol. The molecule has 0 radical (unpaired) electrons. The largest absolute Gasteiger partial charge is 0.573 e. The van der Waals surface area contributed by atoms with Crippen molar-refractivity contribution < 1.29 is 35.5 Å². The first-order valence-electron chi connectivity index (χ1n) is 10.1. The Labute approximate surface area is 191 Å². The fourth-order valence-corrected chi connectivity index (χ4v) is 3.27. The Kier molecular flexibility index (Phi) is 7.81. The smallest absolute Gasteiger partial charge is 0.406 e. The highest BCUT2D eigenvalue weighted by Crippen LogP contribution is 2.35. The average molecular weight is 480 g/mol. The molecule has 0 saturated heterocycles. The Hall–Kier alpha value is -3.55. The van der Waals surface area contributed by atoms with E-state index >= 15 is 0 Å². The molecular weight excluding hydrogens is 461 g/mol. The van der Waals surface area contributed by atoms with Crippen LogP contribution in [0.5, 0.6) is 5.75 Å². The molecule has 0 aliphatic heterocycles. The number of benzene rings is 3. The summed E-state index contributed by atoms with van der Waals surface area (Å²) in [4.78, 5) is 0. The van der Waals surface area contributed by atoms with Crippen molar-refractivity contribution >= 4 is 5.57 Å². The fraction of sp³-hybridized carbons (Fsp3) is 0.154. The molecule has 0 aromatic heterocycles. The van der Waals surface area contributed by atoms with Gasteiger partial charge in [0.1, 0.15) is 11.6 Å². The molecular formula is C26H19F7O. The number of ether oxygens (including phenoxy) is 1. The number of hydrogen-bond donors (Lipinski definition) is 0.